The van der Waals surface area contributed by atoms with Gasteiger partial charge in [-0.2, -0.15) is 0 Å². The van der Waals surface area contributed by atoms with Crippen LogP contribution in [0.1, 0.15) is 58.3 Å². The molecule has 1 aliphatic rings. The summed E-state index contributed by atoms with van der Waals surface area (Å²) in [7, 11) is 1.68. The molecular formula is C13H24O2. The smallest absolute Gasteiger partial charge is 0.161 e. The average Bonchev–Trinajstić information content (AvgIpc) is 2.48. The number of hydrogen-bond donors (Lipinski definition) is 0. The number of carbonyl (C=O) groups excluding carboxylic acids is 1. The van der Waals surface area contributed by atoms with E-state index in [1.54, 1.807) is 7.11 Å². The first-order valence-electron chi connectivity index (χ1n) is 6.35. The Morgan fingerprint density at radius 1 is 1.27 bits per heavy atom. The van der Waals surface area contributed by atoms with E-state index in [0.717, 1.165) is 6.42 Å². The molecule has 0 heterocycles. The van der Waals surface area contributed by atoms with Crippen LogP contribution in [0.25, 0.3) is 0 Å². The summed E-state index contributed by atoms with van der Waals surface area (Å²) in [6.07, 6.45) is 9.03. The van der Waals surface area contributed by atoms with Crippen molar-refractivity contribution in [1.29, 1.82) is 0 Å². The Hall–Kier alpha value is -0.370. The highest BCUT2D eigenvalue weighted by Crippen LogP contribution is 2.27. The van der Waals surface area contributed by atoms with Gasteiger partial charge in [0.1, 0.15) is 6.10 Å². The van der Waals surface area contributed by atoms with Gasteiger partial charge in [-0.05, 0) is 25.2 Å². The second-order valence-corrected chi connectivity index (χ2v) is 4.62. The first-order chi connectivity index (χ1) is 7.29. The molecule has 0 aromatic rings. The number of Topliss-reactive ketones (excluding diaryl/α,β-unsaturated/α-hetero) is 1. The highest BCUT2D eigenvalue weighted by atomic mass is 16.5. The Morgan fingerprint density at radius 2 is 1.87 bits per heavy atom. The van der Waals surface area contributed by atoms with Crippen molar-refractivity contribution in [2.24, 2.45) is 5.92 Å². The Kier molecular flexibility index (Phi) is 5.92. The van der Waals surface area contributed by atoms with E-state index in [0.29, 0.717) is 18.1 Å². The van der Waals surface area contributed by atoms with E-state index >= 15 is 0 Å². The quantitative estimate of drug-likeness (QED) is 0.653. The number of ether oxygens (including phenoxy) is 1. The fourth-order valence-electron chi connectivity index (χ4n) is 2.59. The van der Waals surface area contributed by atoms with Gasteiger partial charge >= 0.3 is 0 Å². The highest BCUT2D eigenvalue weighted by Gasteiger charge is 2.27. The Labute approximate surface area is 93.4 Å². The minimum atomic E-state index is -0.122. The molecule has 1 fully saturated rings. The van der Waals surface area contributed by atoms with Gasteiger partial charge in [0, 0.05) is 13.5 Å². The van der Waals surface area contributed by atoms with Crippen LogP contribution in [0.5, 0.6) is 0 Å². The first-order valence-corrected chi connectivity index (χ1v) is 6.35. The molecule has 0 radical (unpaired) electrons. The second-order valence-electron chi connectivity index (χ2n) is 4.62. The maximum Gasteiger partial charge on any atom is 0.161 e. The van der Waals surface area contributed by atoms with E-state index in [1.807, 2.05) is 0 Å². The number of ketones is 1. The lowest BCUT2D eigenvalue weighted by Crippen LogP contribution is -2.31. The summed E-state index contributed by atoms with van der Waals surface area (Å²) in [6.45, 7) is 2.05. The molecule has 0 N–H and O–H groups in total. The van der Waals surface area contributed by atoms with Gasteiger partial charge in [-0.25, -0.2) is 0 Å². The van der Waals surface area contributed by atoms with Crippen LogP contribution in [0.4, 0.5) is 0 Å². The zero-order valence-corrected chi connectivity index (χ0v) is 10.1. The molecule has 0 spiro atoms. The third kappa shape index (κ3) is 3.94. The van der Waals surface area contributed by atoms with Crippen molar-refractivity contribution in [2.75, 3.05) is 7.11 Å². The molecule has 0 amide bonds. The summed E-state index contributed by atoms with van der Waals surface area (Å²) in [5.74, 6) is 0.795. The number of methoxy groups -OCH3 is 1. The Balaban J connectivity index is 2.51. The number of rotatable bonds is 5. The van der Waals surface area contributed by atoms with Crippen LogP contribution in [-0.2, 0) is 9.53 Å². The zero-order chi connectivity index (χ0) is 11.1. The average molecular weight is 212 g/mol. The molecule has 0 bridgehead atoms. The predicted octanol–water partition coefficient (Wildman–Crippen LogP) is 3.34. The molecule has 1 unspecified atom stereocenters. The van der Waals surface area contributed by atoms with Gasteiger partial charge in [0.25, 0.3) is 0 Å². The fraction of sp³-hybridized carbons (Fsp3) is 0.923. The number of hydrogen-bond acceptors (Lipinski definition) is 2. The molecule has 0 aliphatic heterocycles. The molecule has 1 atom stereocenters. The van der Waals surface area contributed by atoms with Crippen molar-refractivity contribution in [1.82, 2.24) is 0 Å². The van der Waals surface area contributed by atoms with Gasteiger partial charge in [0.2, 0.25) is 0 Å². The van der Waals surface area contributed by atoms with Crippen LogP contribution >= 0.6 is 0 Å². The van der Waals surface area contributed by atoms with Gasteiger partial charge in [-0.3, -0.25) is 4.79 Å². The van der Waals surface area contributed by atoms with Gasteiger partial charge in [0.15, 0.2) is 5.78 Å². The topological polar surface area (TPSA) is 26.3 Å². The highest BCUT2D eigenvalue weighted by molar-refractivity contribution is 5.83. The molecule has 1 saturated carbocycles. The maximum absolute atomic E-state index is 11.9. The van der Waals surface area contributed by atoms with Crippen LogP contribution in [0.3, 0.4) is 0 Å². The lowest BCUT2D eigenvalue weighted by Gasteiger charge is -2.23. The van der Waals surface area contributed by atoms with Crippen molar-refractivity contribution in [3.63, 3.8) is 0 Å². The van der Waals surface area contributed by atoms with Crippen LogP contribution in [0.2, 0.25) is 0 Å². The minimum absolute atomic E-state index is 0.122. The van der Waals surface area contributed by atoms with Crippen LogP contribution in [-0.4, -0.2) is 19.0 Å². The molecule has 0 aromatic carbocycles. The van der Waals surface area contributed by atoms with Gasteiger partial charge in [-0.1, -0.05) is 32.6 Å². The van der Waals surface area contributed by atoms with E-state index in [4.69, 9.17) is 4.74 Å². The fourth-order valence-corrected chi connectivity index (χ4v) is 2.59. The minimum Gasteiger partial charge on any atom is -0.373 e. The molecule has 88 valence electrons. The molecule has 1 aliphatic carbocycles. The zero-order valence-electron chi connectivity index (χ0n) is 10.1. The Bertz CT molecular complexity index is 181. The molecule has 15 heavy (non-hydrogen) atoms. The van der Waals surface area contributed by atoms with Crippen molar-refractivity contribution in [2.45, 2.75) is 64.4 Å². The van der Waals surface area contributed by atoms with Crippen molar-refractivity contribution >= 4 is 5.78 Å². The summed E-state index contributed by atoms with van der Waals surface area (Å²) < 4.78 is 5.41. The SMILES string of the molecule is CCCC(=O)C(OC)C1CCCCCC1. The molecule has 1 rings (SSSR count). The van der Waals surface area contributed by atoms with E-state index in [9.17, 15) is 4.79 Å². The third-order valence-electron chi connectivity index (χ3n) is 3.40. The monoisotopic (exact) mass is 212 g/mol. The molecule has 0 saturated heterocycles. The summed E-state index contributed by atoms with van der Waals surface area (Å²) in [5.41, 5.74) is 0. The van der Waals surface area contributed by atoms with Gasteiger partial charge < -0.3 is 4.74 Å². The van der Waals surface area contributed by atoms with E-state index < -0.39 is 0 Å². The lowest BCUT2D eigenvalue weighted by molar-refractivity contribution is -0.132. The Morgan fingerprint density at radius 3 is 2.33 bits per heavy atom. The summed E-state index contributed by atoms with van der Waals surface area (Å²) >= 11 is 0. The van der Waals surface area contributed by atoms with E-state index in [1.165, 1.54) is 38.5 Å². The van der Waals surface area contributed by atoms with Crippen molar-refractivity contribution < 1.29 is 9.53 Å². The summed E-state index contributed by atoms with van der Waals surface area (Å²) in [5, 5.41) is 0. The first kappa shape index (κ1) is 12.7. The maximum atomic E-state index is 11.9. The van der Waals surface area contributed by atoms with Crippen molar-refractivity contribution in [3.05, 3.63) is 0 Å². The van der Waals surface area contributed by atoms with Crippen LogP contribution in [0, 0.1) is 5.92 Å². The second kappa shape index (κ2) is 7.00. The summed E-state index contributed by atoms with van der Waals surface area (Å²) in [4.78, 5) is 11.9. The lowest BCUT2D eigenvalue weighted by atomic mass is 9.90. The molecule has 2 nitrogen and oxygen atoms in total. The molecule has 0 aromatic heterocycles. The normalized spacial score (nSPS) is 20.9. The number of carbonyl (C=O) groups is 1. The van der Waals surface area contributed by atoms with Crippen LogP contribution < -0.4 is 0 Å². The van der Waals surface area contributed by atoms with Crippen molar-refractivity contribution in [3.8, 4) is 0 Å². The van der Waals surface area contributed by atoms with E-state index in [2.05, 4.69) is 6.92 Å². The van der Waals surface area contributed by atoms with Crippen LogP contribution in [0.15, 0.2) is 0 Å². The molecule has 2 heteroatoms. The summed E-state index contributed by atoms with van der Waals surface area (Å²) in [6, 6.07) is 0. The van der Waals surface area contributed by atoms with E-state index in [-0.39, 0.29) is 6.10 Å². The standard InChI is InChI=1S/C13H24O2/c1-3-8-12(14)13(15-2)11-9-6-4-5-7-10-11/h11,13H,3-10H2,1-2H3. The predicted molar refractivity (Wildman–Crippen MR) is 61.9 cm³/mol. The van der Waals surface area contributed by atoms with Gasteiger partial charge in [0.05, 0.1) is 0 Å². The largest absolute Gasteiger partial charge is 0.373 e. The third-order valence-corrected chi connectivity index (χ3v) is 3.40. The molecular weight excluding hydrogens is 188 g/mol. The van der Waals surface area contributed by atoms with Gasteiger partial charge in [-0.15, -0.1) is 0 Å².